The predicted molar refractivity (Wildman–Crippen MR) is 197 cm³/mol. The summed E-state index contributed by atoms with van der Waals surface area (Å²) in [5.41, 5.74) is 13.0. The third-order valence-corrected chi connectivity index (χ3v) is 9.36. The summed E-state index contributed by atoms with van der Waals surface area (Å²) in [6.45, 7) is 0.190. The lowest BCUT2D eigenvalue weighted by atomic mass is 10.0. The Labute approximate surface area is 308 Å². The van der Waals surface area contributed by atoms with E-state index in [-0.39, 0.29) is 31.6 Å². The number of carbonyl (C=O) groups excluding carboxylic acids is 5. The predicted octanol–water partition coefficient (Wildman–Crippen LogP) is 0.0330. The van der Waals surface area contributed by atoms with Crippen LogP contribution in [0, 0.1) is 0 Å². The number of aromatic hydroxyl groups is 1. The van der Waals surface area contributed by atoms with Gasteiger partial charge in [0, 0.05) is 19.4 Å². The summed E-state index contributed by atoms with van der Waals surface area (Å²) in [4.78, 5) is 79.8. The SMILES string of the molecule is CSCC[C@@H](NC(=O)[C@H](Cc1ccc(O)cc1)NC(=O)[C@@H](N)CCCCN)C(=O)NCC(=O)N[C@@H](Cc1ccccc1)C(=O)N1CCC[C@H]1C(=O)O. The van der Waals surface area contributed by atoms with Gasteiger partial charge in [-0.1, -0.05) is 48.9 Å². The fourth-order valence-electron chi connectivity index (χ4n) is 5.85. The molecule has 1 aliphatic rings. The minimum atomic E-state index is -1.12. The molecule has 1 fully saturated rings. The highest BCUT2D eigenvalue weighted by molar-refractivity contribution is 7.98. The van der Waals surface area contributed by atoms with Gasteiger partial charge in [-0.15, -0.1) is 0 Å². The number of rotatable bonds is 21. The van der Waals surface area contributed by atoms with Crippen LogP contribution < -0.4 is 32.7 Å². The number of carboxylic acids is 1. The normalized spacial score (nSPS) is 16.2. The maximum atomic E-state index is 13.7. The van der Waals surface area contributed by atoms with Gasteiger partial charge in [-0.2, -0.15) is 11.8 Å². The van der Waals surface area contributed by atoms with E-state index in [0.29, 0.717) is 50.0 Å². The number of phenolic OH excluding ortho intramolecular Hbond substituents is 1. The van der Waals surface area contributed by atoms with Crippen molar-refractivity contribution < 1.29 is 39.0 Å². The Morgan fingerprint density at radius 1 is 0.846 bits per heavy atom. The zero-order chi connectivity index (χ0) is 38.0. The van der Waals surface area contributed by atoms with Crippen LogP contribution in [0.4, 0.5) is 0 Å². The number of hydrogen-bond acceptors (Lipinski definition) is 10. The van der Waals surface area contributed by atoms with E-state index in [1.54, 1.807) is 36.4 Å². The molecule has 15 nitrogen and oxygen atoms in total. The van der Waals surface area contributed by atoms with Crippen LogP contribution in [0.3, 0.4) is 0 Å². The number of nitrogens with zero attached hydrogens (tertiary/aromatic N) is 1. The van der Waals surface area contributed by atoms with Crippen molar-refractivity contribution >= 4 is 47.3 Å². The maximum Gasteiger partial charge on any atom is 0.326 e. The largest absolute Gasteiger partial charge is 0.508 e. The summed E-state index contributed by atoms with van der Waals surface area (Å²) < 4.78 is 0. The highest BCUT2D eigenvalue weighted by atomic mass is 32.2. The van der Waals surface area contributed by atoms with Crippen LogP contribution >= 0.6 is 11.8 Å². The first-order valence-electron chi connectivity index (χ1n) is 17.4. The standard InChI is InChI=1S/C36H51N7O8S/c1-52-19-16-27(41-34(48)28(20-24-12-14-25(44)15-13-24)42-32(46)26(38)10-5-6-17-37)33(47)39-22-31(45)40-29(21-23-8-3-2-4-9-23)35(49)43-18-7-11-30(43)36(50)51/h2-4,8-9,12-15,26-30,44H,5-7,10-11,16-22,37-38H2,1H3,(H,39,47)(H,40,45)(H,41,48)(H,42,46)(H,50,51)/t26-,27+,28-,29-,30-/m0/s1. The minimum absolute atomic E-state index is 0.0322. The van der Waals surface area contributed by atoms with Crippen molar-refractivity contribution in [3.05, 3.63) is 65.7 Å². The number of benzene rings is 2. The number of nitrogens with two attached hydrogens (primary N) is 2. The Balaban J connectivity index is 1.70. The molecule has 5 atom stereocenters. The molecule has 2 aromatic carbocycles. The first-order valence-corrected chi connectivity index (χ1v) is 18.8. The van der Waals surface area contributed by atoms with Gasteiger partial charge in [-0.05, 0) is 73.9 Å². The van der Waals surface area contributed by atoms with Crippen molar-refractivity contribution in [2.45, 2.75) is 81.6 Å². The van der Waals surface area contributed by atoms with Crippen LogP contribution in [0.5, 0.6) is 5.75 Å². The van der Waals surface area contributed by atoms with Crippen LogP contribution in [0.15, 0.2) is 54.6 Å². The van der Waals surface area contributed by atoms with Crippen molar-refractivity contribution in [1.29, 1.82) is 0 Å². The molecule has 5 amide bonds. The van der Waals surface area contributed by atoms with Gasteiger partial charge in [0.05, 0.1) is 12.6 Å². The first kappa shape index (κ1) is 41.7. The molecule has 2 aromatic rings. The van der Waals surface area contributed by atoms with Gasteiger partial charge >= 0.3 is 5.97 Å². The number of likely N-dealkylation sites (tertiary alicyclic amines) is 1. The molecule has 0 unspecified atom stereocenters. The molecule has 0 spiro atoms. The molecular formula is C36H51N7O8S. The topological polar surface area (TPSA) is 246 Å². The Hall–Kier alpha value is -4.67. The molecule has 0 radical (unpaired) electrons. The van der Waals surface area contributed by atoms with Crippen molar-refractivity contribution in [2.75, 3.05) is 31.6 Å². The van der Waals surface area contributed by atoms with Crippen LogP contribution in [-0.2, 0) is 41.6 Å². The monoisotopic (exact) mass is 741 g/mol. The molecule has 0 aromatic heterocycles. The molecule has 1 saturated heterocycles. The maximum absolute atomic E-state index is 13.7. The zero-order valence-corrected chi connectivity index (χ0v) is 30.2. The molecule has 10 N–H and O–H groups in total. The van der Waals surface area contributed by atoms with E-state index in [2.05, 4.69) is 21.3 Å². The van der Waals surface area contributed by atoms with Gasteiger partial charge in [0.15, 0.2) is 0 Å². The number of unbranched alkanes of at least 4 members (excludes halogenated alkanes) is 1. The molecule has 16 heteroatoms. The second-order valence-electron chi connectivity index (χ2n) is 12.7. The number of phenols is 1. The molecule has 52 heavy (non-hydrogen) atoms. The smallest absolute Gasteiger partial charge is 0.326 e. The highest BCUT2D eigenvalue weighted by Crippen LogP contribution is 2.20. The van der Waals surface area contributed by atoms with Crippen LogP contribution in [0.1, 0.15) is 49.7 Å². The van der Waals surface area contributed by atoms with Crippen molar-refractivity contribution in [1.82, 2.24) is 26.2 Å². The number of nitrogens with one attached hydrogen (secondary N) is 4. The van der Waals surface area contributed by atoms with Gasteiger partial charge in [0.25, 0.3) is 0 Å². The third-order valence-electron chi connectivity index (χ3n) is 8.72. The van der Waals surface area contributed by atoms with Gasteiger partial charge in [0.1, 0.15) is 29.9 Å². The number of thioether (sulfide) groups is 1. The number of carbonyl (C=O) groups is 6. The summed E-state index contributed by atoms with van der Waals surface area (Å²) in [5.74, 6) is -3.64. The van der Waals surface area contributed by atoms with Crippen molar-refractivity contribution in [3.63, 3.8) is 0 Å². The molecule has 0 bridgehead atoms. The number of aliphatic carboxylic acids is 1. The highest BCUT2D eigenvalue weighted by Gasteiger charge is 2.38. The van der Waals surface area contributed by atoms with E-state index >= 15 is 0 Å². The Kier molecular flexibility index (Phi) is 17.4. The number of carboxylic acid groups (broad SMARTS) is 1. The van der Waals surface area contributed by atoms with Crippen LogP contribution in [0.2, 0.25) is 0 Å². The van der Waals surface area contributed by atoms with E-state index in [1.165, 1.54) is 28.8 Å². The van der Waals surface area contributed by atoms with Gasteiger partial charge in [-0.3, -0.25) is 24.0 Å². The summed E-state index contributed by atoms with van der Waals surface area (Å²) in [6.07, 6.45) is 4.73. The van der Waals surface area contributed by atoms with E-state index in [0.717, 1.165) is 5.56 Å². The molecule has 1 aliphatic heterocycles. The lowest BCUT2D eigenvalue weighted by molar-refractivity contribution is -0.149. The van der Waals surface area contributed by atoms with Gasteiger partial charge in [-0.25, -0.2) is 4.79 Å². The number of hydrogen-bond donors (Lipinski definition) is 8. The van der Waals surface area contributed by atoms with Gasteiger partial charge in [0.2, 0.25) is 29.5 Å². The summed E-state index contributed by atoms with van der Waals surface area (Å²) >= 11 is 1.45. The van der Waals surface area contributed by atoms with E-state index < -0.39 is 72.3 Å². The average molecular weight is 742 g/mol. The van der Waals surface area contributed by atoms with E-state index in [4.69, 9.17) is 11.5 Å². The third kappa shape index (κ3) is 13.5. The van der Waals surface area contributed by atoms with Crippen molar-refractivity contribution in [2.24, 2.45) is 11.5 Å². The minimum Gasteiger partial charge on any atom is -0.508 e. The van der Waals surface area contributed by atoms with Gasteiger partial charge < -0.3 is 47.8 Å². The summed E-state index contributed by atoms with van der Waals surface area (Å²) in [6, 6.07) is 9.96. The summed E-state index contributed by atoms with van der Waals surface area (Å²) in [5, 5.41) is 30.0. The van der Waals surface area contributed by atoms with E-state index in [1.807, 2.05) is 12.3 Å². The molecule has 3 rings (SSSR count). The fourth-order valence-corrected chi connectivity index (χ4v) is 6.32. The molecular weight excluding hydrogens is 691 g/mol. The summed E-state index contributed by atoms with van der Waals surface area (Å²) in [7, 11) is 0. The quantitative estimate of drug-likeness (QED) is 0.0794. The Morgan fingerprint density at radius 3 is 2.15 bits per heavy atom. The molecule has 0 saturated carbocycles. The fraction of sp³-hybridized carbons (Fsp3) is 0.500. The van der Waals surface area contributed by atoms with E-state index in [9.17, 15) is 39.0 Å². The molecule has 284 valence electrons. The van der Waals surface area contributed by atoms with Crippen molar-refractivity contribution in [3.8, 4) is 5.75 Å². The second kappa shape index (κ2) is 21.6. The lowest BCUT2D eigenvalue weighted by Gasteiger charge is -2.27. The number of amides is 5. The second-order valence-corrected chi connectivity index (χ2v) is 13.7. The van der Waals surface area contributed by atoms with Crippen LogP contribution in [-0.4, -0.2) is 112 Å². The lowest BCUT2D eigenvalue weighted by Crippen LogP contribution is -2.57. The Bertz CT molecular complexity index is 1500. The first-order chi connectivity index (χ1) is 24.9. The molecule has 1 heterocycles. The average Bonchev–Trinajstić information content (AvgIpc) is 3.63. The molecule has 0 aliphatic carbocycles. The Morgan fingerprint density at radius 2 is 1.50 bits per heavy atom. The zero-order valence-electron chi connectivity index (χ0n) is 29.4. The van der Waals surface area contributed by atoms with Crippen LogP contribution in [0.25, 0.3) is 0 Å².